The highest BCUT2D eigenvalue weighted by Crippen LogP contribution is 2.24. The zero-order chi connectivity index (χ0) is 15.5. The van der Waals surface area contributed by atoms with Crippen molar-refractivity contribution in [3.8, 4) is 6.01 Å². The maximum absolute atomic E-state index is 5.65. The molecule has 0 amide bonds. The maximum atomic E-state index is 5.65. The summed E-state index contributed by atoms with van der Waals surface area (Å²) in [5.41, 5.74) is 2.19. The Morgan fingerprint density at radius 3 is 2.67 bits per heavy atom. The fraction of sp³-hybridized carbons (Fsp3) is 0.750. The van der Waals surface area contributed by atoms with E-state index in [2.05, 4.69) is 48.0 Å². The number of likely N-dealkylation sites (N-methyl/N-ethyl adjacent to an activating group) is 1. The Balaban J connectivity index is 1.80. The van der Waals surface area contributed by atoms with E-state index in [1.807, 2.05) is 13.1 Å². The van der Waals surface area contributed by atoms with Crippen molar-refractivity contribution in [3.05, 3.63) is 17.5 Å². The molecule has 5 heteroatoms. The summed E-state index contributed by atoms with van der Waals surface area (Å²) in [5, 5.41) is 3.45. The minimum Gasteiger partial charge on any atom is -0.462 e. The van der Waals surface area contributed by atoms with Gasteiger partial charge in [0.05, 0.1) is 0 Å². The lowest BCUT2D eigenvalue weighted by molar-refractivity contribution is 0.220. The van der Waals surface area contributed by atoms with Gasteiger partial charge in [0.2, 0.25) is 0 Å². The molecule has 0 radical (unpaired) electrons. The van der Waals surface area contributed by atoms with Crippen LogP contribution in [0.5, 0.6) is 6.01 Å². The number of aromatic nitrogens is 2. The predicted octanol–water partition coefficient (Wildman–Crippen LogP) is 2.15. The van der Waals surface area contributed by atoms with E-state index >= 15 is 0 Å². The Bertz CT molecular complexity index is 466. The van der Waals surface area contributed by atoms with Gasteiger partial charge in [-0.25, -0.2) is 9.97 Å². The molecule has 0 atom stereocenters. The van der Waals surface area contributed by atoms with Crippen LogP contribution >= 0.6 is 0 Å². The number of nitrogens with one attached hydrogen (secondary N) is 1. The second kappa shape index (κ2) is 6.71. The van der Waals surface area contributed by atoms with Crippen LogP contribution in [0.2, 0.25) is 0 Å². The van der Waals surface area contributed by atoms with Crippen molar-refractivity contribution in [2.75, 3.05) is 20.2 Å². The third-order valence-electron chi connectivity index (χ3n) is 3.71. The van der Waals surface area contributed by atoms with Crippen molar-refractivity contribution in [1.82, 2.24) is 20.2 Å². The minimum atomic E-state index is 0.0923. The molecule has 0 saturated heterocycles. The summed E-state index contributed by atoms with van der Waals surface area (Å²) < 4.78 is 5.65. The van der Waals surface area contributed by atoms with Gasteiger partial charge in [-0.15, -0.1) is 0 Å². The smallest absolute Gasteiger partial charge is 0.316 e. The van der Waals surface area contributed by atoms with Gasteiger partial charge in [0.1, 0.15) is 6.61 Å². The van der Waals surface area contributed by atoms with Crippen LogP contribution in [0.25, 0.3) is 0 Å². The molecule has 0 spiro atoms. The summed E-state index contributed by atoms with van der Waals surface area (Å²) in [6.07, 6.45) is 4.50. The molecule has 1 fully saturated rings. The first kappa shape index (κ1) is 16.2. The average molecular weight is 292 g/mol. The van der Waals surface area contributed by atoms with Gasteiger partial charge in [-0.3, -0.25) is 0 Å². The Kier molecular flexibility index (Phi) is 5.17. The molecule has 1 heterocycles. The summed E-state index contributed by atoms with van der Waals surface area (Å²) in [7, 11) is 2.15. The molecular weight excluding hydrogens is 264 g/mol. The number of hydrogen-bond acceptors (Lipinski definition) is 5. The van der Waals surface area contributed by atoms with Crippen molar-refractivity contribution in [2.45, 2.75) is 58.7 Å². The molecule has 0 aromatic carbocycles. The van der Waals surface area contributed by atoms with Gasteiger partial charge in [0.15, 0.2) is 0 Å². The maximum Gasteiger partial charge on any atom is 0.316 e. The fourth-order valence-corrected chi connectivity index (χ4v) is 2.05. The van der Waals surface area contributed by atoms with E-state index in [9.17, 15) is 0 Å². The topological polar surface area (TPSA) is 50.3 Å². The van der Waals surface area contributed by atoms with E-state index in [0.717, 1.165) is 30.4 Å². The largest absolute Gasteiger partial charge is 0.462 e. The fourth-order valence-electron chi connectivity index (χ4n) is 2.05. The molecule has 1 N–H and O–H groups in total. The van der Waals surface area contributed by atoms with E-state index in [0.29, 0.717) is 12.6 Å². The number of hydrogen-bond donors (Lipinski definition) is 1. The van der Waals surface area contributed by atoms with Crippen LogP contribution in [0.3, 0.4) is 0 Å². The third kappa shape index (κ3) is 5.59. The van der Waals surface area contributed by atoms with Gasteiger partial charge in [-0.1, -0.05) is 0 Å². The molecule has 1 aromatic heterocycles. The number of aryl methyl sites for hydroxylation is 1. The molecule has 1 aliphatic carbocycles. The van der Waals surface area contributed by atoms with Crippen molar-refractivity contribution >= 4 is 0 Å². The van der Waals surface area contributed by atoms with Gasteiger partial charge < -0.3 is 15.0 Å². The van der Waals surface area contributed by atoms with E-state index in [-0.39, 0.29) is 5.54 Å². The predicted molar refractivity (Wildman–Crippen MR) is 84.5 cm³/mol. The Morgan fingerprint density at radius 1 is 1.38 bits per heavy atom. The van der Waals surface area contributed by atoms with Gasteiger partial charge in [-0.2, -0.15) is 0 Å². The normalized spacial score (nSPS) is 15.5. The molecule has 21 heavy (non-hydrogen) atoms. The lowest BCUT2D eigenvalue weighted by atomic mass is 10.1. The first-order valence-electron chi connectivity index (χ1n) is 7.76. The van der Waals surface area contributed by atoms with Crippen LogP contribution in [-0.2, 0) is 6.54 Å². The molecule has 5 nitrogen and oxygen atoms in total. The summed E-state index contributed by atoms with van der Waals surface area (Å²) in [6, 6.07) is 1.25. The van der Waals surface area contributed by atoms with Crippen LogP contribution in [0.1, 0.15) is 44.9 Å². The second-order valence-corrected chi connectivity index (χ2v) is 6.93. The van der Waals surface area contributed by atoms with Crippen molar-refractivity contribution < 1.29 is 4.74 Å². The first-order valence-corrected chi connectivity index (χ1v) is 7.76. The van der Waals surface area contributed by atoms with Crippen molar-refractivity contribution in [2.24, 2.45) is 0 Å². The highest BCUT2D eigenvalue weighted by Gasteiger charge is 2.25. The van der Waals surface area contributed by atoms with E-state index in [4.69, 9.17) is 4.74 Å². The van der Waals surface area contributed by atoms with Crippen LogP contribution in [0, 0.1) is 6.92 Å². The second-order valence-electron chi connectivity index (χ2n) is 6.93. The SMILES string of the molecule is Cc1nc(OCCN(C)C2CC2)ncc1CNC(C)(C)C. The Hall–Kier alpha value is -1.20. The van der Waals surface area contributed by atoms with Crippen molar-refractivity contribution in [3.63, 3.8) is 0 Å². The van der Waals surface area contributed by atoms with E-state index < -0.39 is 0 Å². The van der Waals surface area contributed by atoms with Gasteiger partial charge in [-0.05, 0) is 47.6 Å². The van der Waals surface area contributed by atoms with Gasteiger partial charge in [0.25, 0.3) is 0 Å². The number of ether oxygens (including phenoxy) is 1. The molecule has 0 aliphatic heterocycles. The average Bonchev–Trinajstić information content (AvgIpc) is 3.20. The summed E-state index contributed by atoms with van der Waals surface area (Å²) in [5.74, 6) is 0. The monoisotopic (exact) mass is 292 g/mol. The molecule has 0 bridgehead atoms. The quantitative estimate of drug-likeness (QED) is 0.834. The van der Waals surface area contributed by atoms with Gasteiger partial charge >= 0.3 is 6.01 Å². The zero-order valence-corrected chi connectivity index (χ0v) is 13.9. The van der Waals surface area contributed by atoms with Crippen LogP contribution in [0.4, 0.5) is 0 Å². The summed E-state index contributed by atoms with van der Waals surface area (Å²) >= 11 is 0. The summed E-state index contributed by atoms with van der Waals surface area (Å²) in [4.78, 5) is 11.1. The lowest BCUT2D eigenvalue weighted by Gasteiger charge is -2.21. The Labute approximate surface area is 128 Å². The first-order chi connectivity index (χ1) is 9.85. The molecule has 118 valence electrons. The molecule has 1 aliphatic rings. The number of nitrogens with zero attached hydrogens (tertiary/aromatic N) is 3. The Morgan fingerprint density at radius 2 is 2.10 bits per heavy atom. The van der Waals surface area contributed by atoms with E-state index in [1.165, 1.54) is 12.8 Å². The molecule has 1 saturated carbocycles. The zero-order valence-electron chi connectivity index (χ0n) is 13.9. The minimum absolute atomic E-state index is 0.0923. The molecule has 2 rings (SSSR count). The number of rotatable bonds is 7. The van der Waals surface area contributed by atoms with Crippen molar-refractivity contribution in [1.29, 1.82) is 0 Å². The third-order valence-corrected chi connectivity index (χ3v) is 3.71. The van der Waals surface area contributed by atoms with Gasteiger partial charge in [0, 0.05) is 42.1 Å². The molecule has 0 unspecified atom stereocenters. The highest BCUT2D eigenvalue weighted by molar-refractivity contribution is 5.17. The van der Waals surface area contributed by atoms with Crippen LogP contribution in [-0.4, -0.2) is 46.6 Å². The molecular formula is C16H28N4O. The standard InChI is InChI=1S/C16H28N4O/c1-12-13(11-18-16(2,3)4)10-17-15(19-12)21-9-8-20(5)14-6-7-14/h10,14,18H,6-9,11H2,1-5H3. The lowest BCUT2D eigenvalue weighted by Crippen LogP contribution is -2.35. The van der Waals surface area contributed by atoms with Crippen LogP contribution in [0.15, 0.2) is 6.20 Å². The van der Waals surface area contributed by atoms with Crippen LogP contribution < -0.4 is 10.1 Å². The molecule has 1 aromatic rings. The van der Waals surface area contributed by atoms with E-state index in [1.54, 1.807) is 0 Å². The summed E-state index contributed by atoms with van der Waals surface area (Å²) in [6.45, 7) is 10.8. The highest BCUT2D eigenvalue weighted by atomic mass is 16.5.